The van der Waals surface area contributed by atoms with Crippen LogP contribution in [0.2, 0.25) is 0 Å². The second-order valence-corrected chi connectivity index (χ2v) is 7.67. The first-order valence-electron chi connectivity index (χ1n) is 7.93. The average molecular weight is 467 g/mol. The smallest absolute Gasteiger partial charge is 0.255 e. The quantitative estimate of drug-likeness (QED) is 0.510. The molecular formula is C19H13BrF2N2O3S. The number of aromatic hydroxyl groups is 1. The molecule has 0 fully saturated rings. The van der Waals surface area contributed by atoms with E-state index < -0.39 is 23.4 Å². The number of anilines is 1. The van der Waals surface area contributed by atoms with Crippen LogP contribution in [0.1, 0.15) is 25.6 Å². The van der Waals surface area contributed by atoms with Gasteiger partial charge in [0.25, 0.3) is 11.8 Å². The largest absolute Gasteiger partial charge is 0.507 e. The zero-order valence-electron chi connectivity index (χ0n) is 14.1. The number of thiophene rings is 1. The summed E-state index contributed by atoms with van der Waals surface area (Å²) in [4.78, 5) is 25.3. The highest BCUT2D eigenvalue weighted by Gasteiger charge is 2.14. The molecule has 0 aliphatic rings. The van der Waals surface area contributed by atoms with Crippen LogP contribution in [0.15, 0.2) is 52.3 Å². The van der Waals surface area contributed by atoms with Crippen molar-refractivity contribution in [3.63, 3.8) is 0 Å². The molecule has 0 aliphatic heterocycles. The number of phenolic OH excluding ortho intramolecular Hbond substituents is 1. The summed E-state index contributed by atoms with van der Waals surface area (Å²) in [5, 5.41) is 17.1. The Morgan fingerprint density at radius 2 is 1.75 bits per heavy atom. The van der Waals surface area contributed by atoms with Crippen LogP contribution in [0.3, 0.4) is 0 Å². The Hall–Kier alpha value is -2.78. The summed E-state index contributed by atoms with van der Waals surface area (Å²) in [6, 6.07) is 8.25. The number of halogens is 3. The topological polar surface area (TPSA) is 78.4 Å². The van der Waals surface area contributed by atoms with E-state index in [1.54, 1.807) is 0 Å². The number of nitrogens with one attached hydrogen (secondary N) is 2. The van der Waals surface area contributed by atoms with E-state index in [4.69, 9.17) is 0 Å². The molecule has 2 amide bonds. The highest BCUT2D eigenvalue weighted by atomic mass is 79.9. The van der Waals surface area contributed by atoms with Crippen molar-refractivity contribution in [2.24, 2.45) is 0 Å². The fourth-order valence-electron chi connectivity index (χ4n) is 2.40. The summed E-state index contributed by atoms with van der Waals surface area (Å²) in [7, 11) is 0. The molecule has 3 N–H and O–H groups in total. The van der Waals surface area contributed by atoms with Gasteiger partial charge in [-0.15, -0.1) is 11.3 Å². The summed E-state index contributed by atoms with van der Waals surface area (Å²) in [6.45, 7) is 0.304. The number of carbonyl (C=O) groups is 2. The van der Waals surface area contributed by atoms with E-state index in [0.717, 1.165) is 21.5 Å². The molecule has 1 aromatic heterocycles. The van der Waals surface area contributed by atoms with Crippen molar-refractivity contribution in [2.45, 2.75) is 6.54 Å². The molecule has 0 spiro atoms. The minimum absolute atomic E-state index is 0.0328. The van der Waals surface area contributed by atoms with Gasteiger partial charge in [-0.1, -0.05) is 0 Å². The molecule has 0 atom stereocenters. The Morgan fingerprint density at radius 1 is 1.04 bits per heavy atom. The summed E-state index contributed by atoms with van der Waals surface area (Å²) in [6.07, 6.45) is 0. The van der Waals surface area contributed by atoms with E-state index in [2.05, 4.69) is 26.6 Å². The minimum Gasteiger partial charge on any atom is -0.507 e. The summed E-state index contributed by atoms with van der Waals surface area (Å²) in [5.41, 5.74) is -0.00255. The van der Waals surface area contributed by atoms with Gasteiger partial charge in [0.1, 0.15) is 17.4 Å². The molecule has 1 heterocycles. The Bertz CT molecular complexity index is 1040. The van der Waals surface area contributed by atoms with Gasteiger partial charge in [0.05, 0.1) is 12.1 Å². The van der Waals surface area contributed by atoms with Crippen molar-refractivity contribution in [1.82, 2.24) is 5.32 Å². The standard InChI is InChI=1S/C19H13BrF2N2O3S/c20-11-5-15(28-9-11)8-23-19(27)16-2-1-14(7-17(16)25)24-18(26)10-3-12(21)6-13(22)4-10/h1-7,9,25H,8H2,(H,23,27)(H,24,26). The molecule has 144 valence electrons. The Labute approximate surface area is 171 Å². The Balaban J connectivity index is 1.67. The van der Waals surface area contributed by atoms with Crippen LogP contribution in [-0.2, 0) is 6.54 Å². The van der Waals surface area contributed by atoms with E-state index in [9.17, 15) is 23.5 Å². The molecular weight excluding hydrogens is 454 g/mol. The molecule has 9 heteroatoms. The number of hydrogen-bond acceptors (Lipinski definition) is 4. The van der Waals surface area contributed by atoms with Crippen molar-refractivity contribution in [3.8, 4) is 5.75 Å². The first-order chi connectivity index (χ1) is 13.3. The average Bonchev–Trinajstić information content (AvgIpc) is 3.04. The number of phenols is 1. The lowest BCUT2D eigenvalue weighted by Gasteiger charge is -2.09. The Kier molecular flexibility index (Phi) is 6.05. The third-order valence-electron chi connectivity index (χ3n) is 3.67. The third kappa shape index (κ3) is 4.93. The normalized spacial score (nSPS) is 10.5. The van der Waals surface area contributed by atoms with E-state index in [-0.39, 0.29) is 22.6 Å². The van der Waals surface area contributed by atoms with Crippen LogP contribution in [0.5, 0.6) is 5.75 Å². The van der Waals surface area contributed by atoms with E-state index in [1.807, 2.05) is 11.4 Å². The highest BCUT2D eigenvalue weighted by molar-refractivity contribution is 9.10. The molecule has 5 nitrogen and oxygen atoms in total. The Morgan fingerprint density at radius 3 is 2.36 bits per heavy atom. The van der Waals surface area contributed by atoms with Gasteiger partial charge in [0, 0.05) is 38.1 Å². The van der Waals surface area contributed by atoms with Gasteiger partial charge in [0.15, 0.2) is 0 Å². The molecule has 0 radical (unpaired) electrons. The second-order valence-electron chi connectivity index (χ2n) is 5.76. The molecule has 0 unspecified atom stereocenters. The van der Waals surface area contributed by atoms with Crippen molar-refractivity contribution in [2.75, 3.05) is 5.32 Å². The van der Waals surface area contributed by atoms with Crippen molar-refractivity contribution in [3.05, 3.63) is 80.0 Å². The van der Waals surface area contributed by atoms with Crippen LogP contribution in [0.25, 0.3) is 0 Å². The third-order valence-corrected chi connectivity index (χ3v) is 5.37. The van der Waals surface area contributed by atoms with Crippen molar-refractivity contribution in [1.29, 1.82) is 0 Å². The SMILES string of the molecule is O=C(Nc1ccc(C(=O)NCc2cc(Br)cs2)c(O)c1)c1cc(F)cc(F)c1. The fourth-order valence-corrected chi connectivity index (χ4v) is 3.79. The van der Waals surface area contributed by atoms with Crippen molar-refractivity contribution < 1.29 is 23.5 Å². The number of rotatable bonds is 5. The van der Waals surface area contributed by atoms with Crippen LogP contribution >= 0.6 is 27.3 Å². The molecule has 3 rings (SSSR count). The summed E-state index contributed by atoms with van der Waals surface area (Å²) < 4.78 is 27.4. The first kappa shape index (κ1) is 20.0. The lowest BCUT2D eigenvalue weighted by Crippen LogP contribution is -2.22. The van der Waals surface area contributed by atoms with Gasteiger partial charge in [-0.05, 0) is 46.3 Å². The number of carbonyl (C=O) groups excluding carboxylic acids is 2. The fraction of sp³-hybridized carbons (Fsp3) is 0.0526. The molecule has 0 bridgehead atoms. The maximum atomic E-state index is 13.2. The van der Waals surface area contributed by atoms with Gasteiger partial charge in [-0.25, -0.2) is 8.78 Å². The van der Waals surface area contributed by atoms with Crippen LogP contribution < -0.4 is 10.6 Å². The minimum atomic E-state index is -0.877. The first-order valence-corrected chi connectivity index (χ1v) is 9.60. The van der Waals surface area contributed by atoms with Crippen LogP contribution in [0, 0.1) is 11.6 Å². The highest BCUT2D eigenvalue weighted by Crippen LogP contribution is 2.24. The predicted octanol–water partition coefficient (Wildman–Crippen LogP) is 4.68. The lowest BCUT2D eigenvalue weighted by atomic mass is 10.1. The second kappa shape index (κ2) is 8.49. The van der Waals surface area contributed by atoms with Gasteiger partial charge in [-0.3, -0.25) is 9.59 Å². The van der Waals surface area contributed by atoms with Gasteiger partial charge in [-0.2, -0.15) is 0 Å². The summed E-state index contributed by atoms with van der Waals surface area (Å²) >= 11 is 4.80. The zero-order valence-corrected chi connectivity index (χ0v) is 16.5. The molecule has 28 heavy (non-hydrogen) atoms. The number of amides is 2. The van der Waals surface area contributed by atoms with Crippen molar-refractivity contribution >= 4 is 44.8 Å². The maximum Gasteiger partial charge on any atom is 0.255 e. The number of hydrogen-bond donors (Lipinski definition) is 3. The molecule has 0 saturated heterocycles. The van der Waals surface area contributed by atoms with Gasteiger partial charge in [0.2, 0.25) is 0 Å². The molecule has 2 aromatic carbocycles. The lowest BCUT2D eigenvalue weighted by molar-refractivity contribution is 0.0948. The maximum absolute atomic E-state index is 13.2. The van der Waals surface area contributed by atoms with Gasteiger partial charge < -0.3 is 15.7 Å². The monoisotopic (exact) mass is 466 g/mol. The zero-order chi connectivity index (χ0) is 20.3. The molecule has 0 aliphatic carbocycles. The summed E-state index contributed by atoms with van der Waals surface area (Å²) in [5.74, 6) is -3.32. The van der Waals surface area contributed by atoms with E-state index in [0.29, 0.717) is 12.6 Å². The molecule has 3 aromatic rings. The van der Waals surface area contributed by atoms with Crippen LogP contribution in [0.4, 0.5) is 14.5 Å². The predicted molar refractivity (Wildman–Crippen MR) is 106 cm³/mol. The number of benzene rings is 2. The van der Waals surface area contributed by atoms with E-state index >= 15 is 0 Å². The van der Waals surface area contributed by atoms with E-state index in [1.165, 1.54) is 29.5 Å². The van der Waals surface area contributed by atoms with Gasteiger partial charge >= 0.3 is 0 Å². The molecule has 0 saturated carbocycles. The van der Waals surface area contributed by atoms with Crippen LogP contribution in [-0.4, -0.2) is 16.9 Å².